The number of carbonyl (C=O) groups excluding carboxylic acids is 2. The third kappa shape index (κ3) is 6.12. The van der Waals surface area contributed by atoms with E-state index in [1.807, 2.05) is 48.8 Å². The SMILES string of the molecule is CC(C)(C)OC(=O)N1CCC(N2CC(Nc3ccc(C(=O)N4CCCCC4)c(Cl)c3)C2)CC1. The van der Waals surface area contributed by atoms with E-state index < -0.39 is 5.60 Å². The van der Waals surface area contributed by atoms with Crippen LogP contribution in [0, 0.1) is 0 Å². The van der Waals surface area contributed by atoms with Crippen LogP contribution in [0.2, 0.25) is 5.02 Å². The summed E-state index contributed by atoms with van der Waals surface area (Å²) in [4.78, 5) is 31.2. The van der Waals surface area contributed by atoms with Gasteiger partial charge in [0.2, 0.25) is 0 Å². The van der Waals surface area contributed by atoms with E-state index in [0.29, 0.717) is 22.7 Å². The van der Waals surface area contributed by atoms with Crippen LogP contribution >= 0.6 is 11.6 Å². The highest BCUT2D eigenvalue weighted by atomic mass is 35.5. The molecule has 0 saturated carbocycles. The third-order valence-electron chi connectivity index (χ3n) is 6.76. The number of hydrogen-bond donors (Lipinski definition) is 1. The number of carbonyl (C=O) groups is 2. The molecule has 2 amide bonds. The van der Waals surface area contributed by atoms with Gasteiger partial charge in [-0.15, -0.1) is 0 Å². The maximum absolute atomic E-state index is 12.8. The first-order valence-corrected chi connectivity index (χ1v) is 12.6. The summed E-state index contributed by atoms with van der Waals surface area (Å²) in [6.45, 7) is 10.8. The van der Waals surface area contributed by atoms with Gasteiger partial charge in [-0.25, -0.2) is 4.79 Å². The minimum Gasteiger partial charge on any atom is -0.444 e. The zero-order valence-electron chi connectivity index (χ0n) is 20.1. The van der Waals surface area contributed by atoms with Crippen molar-refractivity contribution in [3.8, 4) is 0 Å². The van der Waals surface area contributed by atoms with Gasteiger partial charge in [0.25, 0.3) is 5.91 Å². The Balaban J connectivity index is 1.22. The van der Waals surface area contributed by atoms with Gasteiger partial charge in [-0.05, 0) is 71.1 Å². The molecule has 1 aromatic rings. The number of ether oxygens (including phenoxy) is 1. The quantitative estimate of drug-likeness (QED) is 0.694. The first-order valence-electron chi connectivity index (χ1n) is 12.3. The summed E-state index contributed by atoms with van der Waals surface area (Å²) >= 11 is 6.48. The smallest absolute Gasteiger partial charge is 0.410 e. The van der Waals surface area contributed by atoms with Crippen LogP contribution in [0.5, 0.6) is 0 Å². The molecule has 33 heavy (non-hydrogen) atoms. The number of piperidine rings is 2. The lowest BCUT2D eigenvalue weighted by Crippen LogP contribution is -2.60. The molecular weight excluding hydrogens is 440 g/mol. The molecule has 3 fully saturated rings. The van der Waals surface area contributed by atoms with E-state index in [0.717, 1.165) is 70.6 Å². The van der Waals surface area contributed by atoms with Crippen molar-refractivity contribution >= 4 is 29.3 Å². The normalized spacial score (nSPS) is 21.0. The first kappa shape index (κ1) is 24.1. The molecule has 1 aromatic carbocycles. The van der Waals surface area contributed by atoms with Gasteiger partial charge in [-0.2, -0.15) is 0 Å². The fraction of sp³-hybridized carbons (Fsp3) is 0.680. The molecule has 8 heteroatoms. The molecule has 3 aliphatic rings. The lowest BCUT2D eigenvalue weighted by atomic mass is 9.97. The van der Waals surface area contributed by atoms with E-state index in [1.165, 1.54) is 6.42 Å². The second-order valence-electron chi connectivity index (χ2n) is 10.5. The molecule has 0 bridgehead atoms. The van der Waals surface area contributed by atoms with E-state index in [1.54, 1.807) is 0 Å². The van der Waals surface area contributed by atoms with Crippen LogP contribution in [0.1, 0.15) is 63.2 Å². The van der Waals surface area contributed by atoms with Gasteiger partial charge in [0.05, 0.1) is 16.6 Å². The van der Waals surface area contributed by atoms with Gasteiger partial charge in [0.1, 0.15) is 5.60 Å². The van der Waals surface area contributed by atoms with Gasteiger partial charge in [0.15, 0.2) is 0 Å². The third-order valence-corrected chi connectivity index (χ3v) is 7.07. The predicted molar refractivity (Wildman–Crippen MR) is 131 cm³/mol. The molecule has 0 atom stereocenters. The Morgan fingerprint density at radius 1 is 1.00 bits per heavy atom. The highest BCUT2D eigenvalue weighted by Crippen LogP contribution is 2.27. The van der Waals surface area contributed by atoms with E-state index >= 15 is 0 Å². The monoisotopic (exact) mass is 476 g/mol. The Morgan fingerprint density at radius 3 is 2.27 bits per heavy atom. The Kier molecular flexibility index (Phi) is 7.39. The maximum Gasteiger partial charge on any atom is 0.410 e. The Labute approximate surface area is 202 Å². The van der Waals surface area contributed by atoms with Gasteiger partial charge >= 0.3 is 6.09 Å². The largest absolute Gasteiger partial charge is 0.444 e. The highest BCUT2D eigenvalue weighted by Gasteiger charge is 2.35. The summed E-state index contributed by atoms with van der Waals surface area (Å²) in [6.07, 6.45) is 5.09. The van der Waals surface area contributed by atoms with E-state index in [9.17, 15) is 9.59 Å². The van der Waals surface area contributed by atoms with Crippen molar-refractivity contribution in [3.63, 3.8) is 0 Å². The minimum atomic E-state index is -0.452. The van der Waals surface area contributed by atoms with E-state index in [2.05, 4.69) is 10.2 Å². The Bertz CT molecular complexity index is 852. The van der Waals surface area contributed by atoms with Crippen LogP contribution in [0.4, 0.5) is 10.5 Å². The number of rotatable bonds is 4. The second-order valence-corrected chi connectivity index (χ2v) is 10.9. The molecule has 182 valence electrons. The molecule has 7 nitrogen and oxygen atoms in total. The average Bonchev–Trinajstić information content (AvgIpc) is 2.75. The van der Waals surface area contributed by atoms with Crippen LogP contribution in [-0.2, 0) is 4.74 Å². The number of nitrogens with zero attached hydrogens (tertiary/aromatic N) is 3. The molecule has 3 heterocycles. The van der Waals surface area contributed by atoms with Crippen molar-refractivity contribution in [1.29, 1.82) is 0 Å². The van der Waals surface area contributed by atoms with Gasteiger partial charge < -0.3 is 19.9 Å². The summed E-state index contributed by atoms with van der Waals surface area (Å²) in [7, 11) is 0. The van der Waals surface area contributed by atoms with E-state index in [4.69, 9.17) is 16.3 Å². The van der Waals surface area contributed by atoms with Crippen LogP contribution in [0.3, 0.4) is 0 Å². The molecule has 0 aliphatic carbocycles. The summed E-state index contributed by atoms with van der Waals surface area (Å²) in [6, 6.07) is 6.57. The number of anilines is 1. The fourth-order valence-corrected chi connectivity index (χ4v) is 5.18. The van der Waals surface area contributed by atoms with Crippen molar-refractivity contribution < 1.29 is 14.3 Å². The number of halogens is 1. The fourth-order valence-electron chi connectivity index (χ4n) is 4.92. The topological polar surface area (TPSA) is 65.1 Å². The standard InChI is InChI=1S/C25H37ClN4O3/c1-25(2,3)33-24(32)29-13-9-20(10-14-29)30-16-19(17-30)27-18-7-8-21(22(26)15-18)23(31)28-11-5-4-6-12-28/h7-8,15,19-20,27H,4-6,9-14,16-17H2,1-3H3. The van der Waals surface area contributed by atoms with Gasteiger partial charge in [-0.1, -0.05) is 11.6 Å². The lowest BCUT2D eigenvalue weighted by molar-refractivity contribution is 0.00749. The molecule has 0 unspecified atom stereocenters. The molecule has 4 rings (SSSR count). The molecule has 0 radical (unpaired) electrons. The molecular formula is C25H37ClN4O3. The van der Waals surface area contributed by atoms with Gasteiger partial charge in [0, 0.05) is 51.0 Å². The average molecular weight is 477 g/mol. The number of hydrogen-bond acceptors (Lipinski definition) is 5. The van der Waals surface area contributed by atoms with Crippen molar-refractivity contribution in [2.24, 2.45) is 0 Å². The molecule has 3 aliphatic heterocycles. The van der Waals surface area contributed by atoms with Crippen molar-refractivity contribution in [1.82, 2.24) is 14.7 Å². The second kappa shape index (κ2) is 10.1. The Morgan fingerprint density at radius 2 is 1.67 bits per heavy atom. The van der Waals surface area contributed by atoms with Crippen molar-refractivity contribution in [2.45, 2.75) is 70.6 Å². The number of amides is 2. The van der Waals surface area contributed by atoms with Crippen molar-refractivity contribution in [3.05, 3.63) is 28.8 Å². The number of likely N-dealkylation sites (tertiary alicyclic amines) is 3. The van der Waals surface area contributed by atoms with Crippen LogP contribution in [0.15, 0.2) is 18.2 Å². The summed E-state index contributed by atoms with van der Waals surface area (Å²) in [5, 5.41) is 4.07. The van der Waals surface area contributed by atoms with Crippen molar-refractivity contribution in [2.75, 3.05) is 44.6 Å². The first-order chi connectivity index (χ1) is 15.7. The van der Waals surface area contributed by atoms with Gasteiger partial charge in [-0.3, -0.25) is 9.69 Å². The zero-order valence-corrected chi connectivity index (χ0v) is 20.9. The lowest BCUT2D eigenvalue weighted by Gasteiger charge is -2.47. The number of nitrogens with one attached hydrogen (secondary N) is 1. The molecule has 0 spiro atoms. The zero-order chi connectivity index (χ0) is 23.6. The summed E-state index contributed by atoms with van der Waals surface area (Å²) in [5.41, 5.74) is 1.10. The van der Waals surface area contributed by atoms with E-state index in [-0.39, 0.29) is 12.0 Å². The Hall–Kier alpha value is -1.99. The maximum atomic E-state index is 12.8. The van der Waals surface area contributed by atoms with Crippen LogP contribution in [0.25, 0.3) is 0 Å². The summed E-state index contributed by atoms with van der Waals surface area (Å²) < 4.78 is 5.49. The minimum absolute atomic E-state index is 0.0405. The molecule has 1 N–H and O–H groups in total. The van der Waals surface area contributed by atoms with Crippen LogP contribution in [-0.4, -0.2) is 83.7 Å². The highest BCUT2D eigenvalue weighted by molar-refractivity contribution is 6.34. The molecule has 0 aromatic heterocycles. The predicted octanol–water partition coefficient (Wildman–Crippen LogP) is 4.46. The molecule has 3 saturated heterocycles. The number of benzene rings is 1. The summed E-state index contributed by atoms with van der Waals surface area (Å²) in [5.74, 6) is 0.0405. The van der Waals surface area contributed by atoms with Crippen LogP contribution < -0.4 is 5.32 Å².